The highest BCUT2D eigenvalue weighted by Crippen LogP contribution is 2.33. The van der Waals surface area contributed by atoms with Crippen LogP contribution in [0, 0.1) is 11.8 Å². The molecule has 136 valence electrons. The molecule has 0 atom stereocenters. The summed E-state index contributed by atoms with van der Waals surface area (Å²) < 4.78 is 5.30. The molecule has 25 heavy (non-hydrogen) atoms. The molecule has 0 aliphatic carbocycles. The number of hydrogen-bond acceptors (Lipinski definition) is 3. The second-order valence-electron chi connectivity index (χ2n) is 7.34. The second kappa shape index (κ2) is 7.46. The molecule has 0 bridgehead atoms. The molecule has 2 aliphatic heterocycles. The van der Waals surface area contributed by atoms with Crippen LogP contribution in [-0.4, -0.2) is 43.5 Å². The van der Waals surface area contributed by atoms with Gasteiger partial charge < -0.3 is 14.5 Å². The summed E-state index contributed by atoms with van der Waals surface area (Å²) in [5.41, 5.74) is 2.21. The van der Waals surface area contributed by atoms with Crippen molar-refractivity contribution in [2.45, 2.75) is 39.5 Å². The molecule has 2 heterocycles. The topological polar surface area (TPSA) is 49.9 Å². The summed E-state index contributed by atoms with van der Waals surface area (Å²) in [7, 11) is 1.67. The lowest BCUT2D eigenvalue weighted by molar-refractivity contribution is -0.137. The number of nitrogens with zero attached hydrogens (tertiary/aromatic N) is 2. The molecule has 5 heteroatoms. The van der Waals surface area contributed by atoms with Gasteiger partial charge >= 0.3 is 0 Å². The Hall–Kier alpha value is -2.04. The minimum atomic E-state index is 0.0178. The van der Waals surface area contributed by atoms with Crippen molar-refractivity contribution in [2.24, 2.45) is 11.8 Å². The van der Waals surface area contributed by atoms with Crippen LogP contribution in [0.4, 0.5) is 5.69 Å². The Labute approximate surface area is 149 Å². The zero-order valence-electron chi connectivity index (χ0n) is 15.5. The van der Waals surface area contributed by atoms with Crippen LogP contribution in [0.3, 0.4) is 0 Å². The number of piperidine rings is 1. The average Bonchev–Trinajstić information content (AvgIpc) is 2.65. The van der Waals surface area contributed by atoms with E-state index in [1.807, 2.05) is 41.8 Å². The number of fused-ring (bicyclic) bond motifs is 1. The fraction of sp³-hybridized carbons (Fsp3) is 0.600. The van der Waals surface area contributed by atoms with Crippen LogP contribution in [0.2, 0.25) is 0 Å². The standard InChI is InChI=1S/C20H28N2O3/c1-14(2)19(23)21-11-8-15(9-12-21)20(24)22-10-4-5-16-13-17(25-3)6-7-18(16)22/h6-7,13-15H,4-5,8-12H2,1-3H3. The van der Waals surface area contributed by atoms with E-state index in [-0.39, 0.29) is 23.7 Å². The fourth-order valence-electron chi connectivity index (χ4n) is 3.86. The molecular weight excluding hydrogens is 316 g/mol. The van der Waals surface area contributed by atoms with E-state index < -0.39 is 0 Å². The Kier molecular flexibility index (Phi) is 5.30. The Morgan fingerprint density at radius 3 is 2.52 bits per heavy atom. The van der Waals surface area contributed by atoms with E-state index in [0.29, 0.717) is 13.1 Å². The number of methoxy groups -OCH3 is 1. The van der Waals surface area contributed by atoms with Crippen LogP contribution in [0.15, 0.2) is 18.2 Å². The van der Waals surface area contributed by atoms with E-state index in [2.05, 4.69) is 0 Å². The van der Waals surface area contributed by atoms with Crippen molar-refractivity contribution in [3.8, 4) is 5.75 Å². The summed E-state index contributed by atoms with van der Waals surface area (Å²) in [5, 5.41) is 0. The molecule has 2 amide bonds. The Bertz CT molecular complexity index is 648. The summed E-state index contributed by atoms with van der Waals surface area (Å²) in [6.45, 7) is 6.02. The maximum Gasteiger partial charge on any atom is 0.230 e. The van der Waals surface area contributed by atoms with Crippen LogP contribution >= 0.6 is 0 Å². The molecule has 2 aliphatic rings. The first kappa shape index (κ1) is 17.8. The van der Waals surface area contributed by atoms with E-state index in [4.69, 9.17) is 4.74 Å². The van der Waals surface area contributed by atoms with Gasteiger partial charge in [-0.1, -0.05) is 13.8 Å². The molecule has 0 spiro atoms. The summed E-state index contributed by atoms with van der Waals surface area (Å²) >= 11 is 0. The van der Waals surface area contributed by atoms with Crippen molar-refractivity contribution in [3.63, 3.8) is 0 Å². The van der Waals surface area contributed by atoms with E-state index in [1.54, 1.807) is 7.11 Å². The van der Waals surface area contributed by atoms with Gasteiger partial charge in [0.25, 0.3) is 0 Å². The Morgan fingerprint density at radius 1 is 1.16 bits per heavy atom. The van der Waals surface area contributed by atoms with Crippen LogP contribution in [-0.2, 0) is 16.0 Å². The number of benzene rings is 1. The Balaban J connectivity index is 1.68. The molecule has 0 unspecified atom stereocenters. The number of likely N-dealkylation sites (tertiary alicyclic amines) is 1. The van der Waals surface area contributed by atoms with Crippen molar-refractivity contribution >= 4 is 17.5 Å². The summed E-state index contributed by atoms with van der Waals surface area (Å²) in [5.74, 6) is 1.29. The summed E-state index contributed by atoms with van der Waals surface area (Å²) in [6.07, 6.45) is 3.49. The molecular formula is C20H28N2O3. The van der Waals surface area contributed by atoms with Gasteiger partial charge in [0.1, 0.15) is 5.75 Å². The third kappa shape index (κ3) is 3.65. The summed E-state index contributed by atoms with van der Waals surface area (Å²) in [4.78, 5) is 29.0. The van der Waals surface area contributed by atoms with Crippen LogP contribution < -0.4 is 9.64 Å². The van der Waals surface area contributed by atoms with Gasteiger partial charge in [0, 0.05) is 37.2 Å². The number of amides is 2. The van der Waals surface area contributed by atoms with Gasteiger partial charge in [-0.15, -0.1) is 0 Å². The van der Waals surface area contributed by atoms with Crippen molar-refractivity contribution in [1.82, 2.24) is 4.90 Å². The number of carbonyl (C=O) groups excluding carboxylic acids is 2. The van der Waals surface area contributed by atoms with Gasteiger partial charge in [-0.25, -0.2) is 0 Å². The number of carbonyl (C=O) groups is 2. The molecule has 1 fully saturated rings. The van der Waals surface area contributed by atoms with E-state index >= 15 is 0 Å². The van der Waals surface area contributed by atoms with Gasteiger partial charge in [-0.05, 0) is 49.4 Å². The van der Waals surface area contributed by atoms with Crippen LogP contribution in [0.1, 0.15) is 38.7 Å². The average molecular weight is 344 g/mol. The quantitative estimate of drug-likeness (QED) is 0.847. The third-order valence-electron chi connectivity index (χ3n) is 5.32. The fourth-order valence-corrected chi connectivity index (χ4v) is 3.86. The lowest BCUT2D eigenvalue weighted by Crippen LogP contribution is -2.46. The van der Waals surface area contributed by atoms with Gasteiger partial charge in [-0.2, -0.15) is 0 Å². The summed E-state index contributed by atoms with van der Waals surface area (Å²) in [6, 6.07) is 5.97. The SMILES string of the molecule is COc1ccc2c(c1)CCCN2C(=O)C1CCN(C(=O)C(C)C)CC1. The lowest BCUT2D eigenvalue weighted by atomic mass is 9.92. The first-order valence-electron chi connectivity index (χ1n) is 9.28. The Morgan fingerprint density at radius 2 is 1.88 bits per heavy atom. The molecule has 0 saturated carbocycles. The van der Waals surface area contributed by atoms with Crippen molar-refractivity contribution in [1.29, 1.82) is 0 Å². The third-order valence-corrected chi connectivity index (χ3v) is 5.32. The predicted octanol–water partition coefficient (Wildman–Crippen LogP) is 2.87. The number of rotatable bonds is 3. The molecule has 1 saturated heterocycles. The highest BCUT2D eigenvalue weighted by atomic mass is 16.5. The van der Waals surface area contributed by atoms with Crippen LogP contribution in [0.5, 0.6) is 5.75 Å². The number of ether oxygens (including phenoxy) is 1. The molecule has 5 nitrogen and oxygen atoms in total. The normalized spacial score (nSPS) is 18.2. The molecule has 1 aromatic carbocycles. The first-order valence-corrected chi connectivity index (χ1v) is 9.28. The monoisotopic (exact) mass is 344 g/mol. The molecule has 1 aromatic rings. The zero-order chi connectivity index (χ0) is 18.0. The van der Waals surface area contributed by atoms with Crippen molar-refractivity contribution in [3.05, 3.63) is 23.8 Å². The maximum atomic E-state index is 13.1. The number of aryl methyl sites for hydroxylation is 1. The first-order chi connectivity index (χ1) is 12.0. The zero-order valence-corrected chi connectivity index (χ0v) is 15.5. The van der Waals surface area contributed by atoms with Gasteiger partial charge in [-0.3, -0.25) is 9.59 Å². The maximum absolute atomic E-state index is 13.1. The predicted molar refractivity (Wildman–Crippen MR) is 97.8 cm³/mol. The van der Waals surface area contributed by atoms with Crippen molar-refractivity contribution in [2.75, 3.05) is 31.6 Å². The molecule has 3 rings (SSSR count). The highest BCUT2D eigenvalue weighted by Gasteiger charge is 2.33. The van der Waals surface area contributed by atoms with E-state index in [9.17, 15) is 9.59 Å². The number of anilines is 1. The largest absolute Gasteiger partial charge is 0.497 e. The molecule has 0 aromatic heterocycles. The lowest BCUT2D eigenvalue weighted by Gasteiger charge is -2.37. The minimum Gasteiger partial charge on any atom is -0.497 e. The van der Waals surface area contributed by atoms with Gasteiger partial charge in [0.2, 0.25) is 11.8 Å². The smallest absolute Gasteiger partial charge is 0.230 e. The van der Waals surface area contributed by atoms with Crippen molar-refractivity contribution < 1.29 is 14.3 Å². The minimum absolute atomic E-state index is 0.0178. The van der Waals surface area contributed by atoms with Gasteiger partial charge in [0.15, 0.2) is 0 Å². The van der Waals surface area contributed by atoms with Gasteiger partial charge in [0.05, 0.1) is 7.11 Å². The molecule has 0 radical (unpaired) electrons. The van der Waals surface area contributed by atoms with E-state index in [0.717, 1.165) is 43.7 Å². The number of hydrogen-bond donors (Lipinski definition) is 0. The molecule has 0 N–H and O–H groups in total. The highest BCUT2D eigenvalue weighted by molar-refractivity contribution is 5.96. The van der Waals surface area contributed by atoms with Crippen LogP contribution in [0.25, 0.3) is 0 Å². The second-order valence-corrected chi connectivity index (χ2v) is 7.34. The van der Waals surface area contributed by atoms with E-state index in [1.165, 1.54) is 5.56 Å².